The van der Waals surface area contributed by atoms with Crippen molar-refractivity contribution in [1.29, 1.82) is 0 Å². The van der Waals surface area contributed by atoms with Crippen molar-refractivity contribution in [3.05, 3.63) is 58.6 Å². The molecule has 1 heterocycles. The van der Waals surface area contributed by atoms with Crippen LogP contribution in [0.2, 0.25) is 5.02 Å². The minimum Gasteiger partial charge on any atom is -0.481 e. The van der Waals surface area contributed by atoms with Crippen LogP contribution in [0.4, 0.5) is 0 Å². The van der Waals surface area contributed by atoms with Crippen molar-refractivity contribution in [1.82, 2.24) is 0 Å². The van der Waals surface area contributed by atoms with E-state index in [2.05, 4.69) is 0 Å². The normalized spacial score (nSPS) is 16.8. The van der Waals surface area contributed by atoms with Gasteiger partial charge in [-0.25, -0.2) is 0 Å². The van der Waals surface area contributed by atoms with Crippen molar-refractivity contribution in [2.45, 2.75) is 15.7 Å². The second kappa shape index (κ2) is 4.34. The summed E-state index contributed by atoms with van der Waals surface area (Å²) in [5, 5.41) is 10.1. The first-order chi connectivity index (χ1) is 8.66. The van der Waals surface area contributed by atoms with Gasteiger partial charge in [0.05, 0.1) is 0 Å². The lowest BCUT2D eigenvalue weighted by Gasteiger charge is -2.24. The van der Waals surface area contributed by atoms with E-state index in [9.17, 15) is 9.90 Å². The fourth-order valence-electron chi connectivity index (χ4n) is 2.20. The monoisotopic (exact) mass is 276 g/mol. The third kappa shape index (κ3) is 1.80. The predicted molar refractivity (Wildman–Crippen MR) is 71.5 cm³/mol. The first kappa shape index (κ1) is 11.6. The molecule has 2 aromatic rings. The van der Waals surface area contributed by atoms with Crippen LogP contribution in [0.1, 0.15) is 17.0 Å². The van der Waals surface area contributed by atoms with Crippen LogP contribution >= 0.6 is 23.4 Å². The highest BCUT2D eigenvalue weighted by Gasteiger charge is 2.31. The van der Waals surface area contributed by atoms with E-state index in [1.807, 2.05) is 30.3 Å². The van der Waals surface area contributed by atoms with E-state index in [-0.39, 0.29) is 0 Å². The van der Waals surface area contributed by atoms with E-state index in [0.29, 0.717) is 5.02 Å². The van der Waals surface area contributed by atoms with Gasteiger partial charge in [0.25, 0.3) is 0 Å². The maximum Gasteiger partial charge on any atom is 0.315 e. The average molecular weight is 277 g/mol. The van der Waals surface area contributed by atoms with Crippen molar-refractivity contribution in [2.75, 3.05) is 0 Å². The molecule has 18 heavy (non-hydrogen) atoms. The lowest BCUT2D eigenvalue weighted by Crippen LogP contribution is -2.17. The Morgan fingerprint density at radius 1 is 1.11 bits per heavy atom. The molecule has 1 atom stereocenters. The Morgan fingerprint density at radius 3 is 2.61 bits per heavy atom. The number of fused-ring (bicyclic) bond motifs is 2. The quantitative estimate of drug-likeness (QED) is 0.855. The first-order valence-electron chi connectivity index (χ1n) is 5.46. The zero-order valence-corrected chi connectivity index (χ0v) is 10.8. The van der Waals surface area contributed by atoms with E-state index in [0.717, 1.165) is 20.9 Å². The third-order valence-electron chi connectivity index (χ3n) is 2.98. The van der Waals surface area contributed by atoms with E-state index in [1.165, 1.54) is 0 Å². The number of aliphatic carboxylic acids is 1. The summed E-state index contributed by atoms with van der Waals surface area (Å²) in [5.74, 6) is -1.43. The molecule has 0 radical (unpaired) electrons. The molecular weight excluding hydrogens is 268 g/mol. The molecule has 1 aliphatic rings. The lowest BCUT2D eigenvalue weighted by atomic mass is 9.91. The van der Waals surface area contributed by atoms with Crippen LogP contribution in [-0.2, 0) is 4.79 Å². The van der Waals surface area contributed by atoms with Gasteiger partial charge in [0, 0.05) is 14.8 Å². The molecular formula is C14H9ClO2S. The average Bonchev–Trinajstić information content (AvgIpc) is 2.35. The highest BCUT2D eigenvalue weighted by atomic mass is 35.5. The van der Waals surface area contributed by atoms with Gasteiger partial charge in [0.15, 0.2) is 0 Å². The van der Waals surface area contributed by atoms with Crippen LogP contribution < -0.4 is 0 Å². The number of hydrogen-bond donors (Lipinski definition) is 1. The Hall–Kier alpha value is -1.45. The fraction of sp³-hybridized carbons (Fsp3) is 0.0714. The topological polar surface area (TPSA) is 37.3 Å². The second-order valence-corrected chi connectivity index (χ2v) is 5.61. The molecule has 0 bridgehead atoms. The maximum atomic E-state index is 11.5. The molecule has 1 N–H and O–H groups in total. The van der Waals surface area contributed by atoms with Crippen molar-refractivity contribution >= 4 is 29.3 Å². The summed E-state index contributed by atoms with van der Waals surface area (Å²) in [4.78, 5) is 13.4. The first-order valence-corrected chi connectivity index (χ1v) is 6.65. The molecule has 90 valence electrons. The van der Waals surface area contributed by atoms with Crippen LogP contribution in [0.25, 0.3) is 0 Å². The molecule has 2 nitrogen and oxygen atoms in total. The number of halogens is 1. The van der Waals surface area contributed by atoms with Crippen LogP contribution in [0.3, 0.4) is 0 Å². The summed E-state index contributed by atoms with van der Waals surface area (Å²) < 4.78 is 0. The van der Waals surface area contributed by atoms with Crippen LogP contribution in [0, 0.1) is 0 Å². The highest BCUT2D eigenvalue weighted by molar-refractivity contribution is 7.99. The predicted octanol–water partition coefficient (Wildman–Crippen LogP) is 4.02. The van der Waals surface area contributed by atoms with Gasteiger partial charge in [-0.15, -0.1) is 0 Å². The van der Waals surface area contributed by atoms with Gasteiger partial charge in [-0.1, -0.05) is 47.6 Å². The lowest BCUT2D eigenvalue weighted by molar-refractivity contribution is -0.137. The number of benzene rings is 2. The summed E-state index contributed by atoms with van der Waals surface area (Å²) in [7, 11) is 0. The zero-order chi connectivity index (χ0) is 12.7. The molecule has 0 amide bonds. The number of carboxylic acid groups (broad SMARTS) is 1. The number of rotatable bonds is 1. The maximum absolute atomic E-state index is 11.5. The Labute approximate surface area is 114 Å². The molecule has 2 aromatic carbocycles. The molecule has 0 saturated carbocycles. The second-order valence-electron chi connectivity index (χ2n) is 4.09. The number of carboxylic acids is 1. The van der Waals surface area contributed by atoms with Gasteiger partial charge in [-0.2, -0.15) is 0 Å². The molecule has 0 aromatic heterocycles. The minimum atomic E-state index is -0.827. The molecule has 0 saturated heterocycles. The third-order valence-corrected chi connectivity index (χ3v) is 4.38. The van der Waals surface area contributed by atoms with Crippen molar-refractivity contribution < 1.29 is 9.90 Å². The van der Waals surface area contributed by atoms with E-state index >= 15 is 0 Å². The summed E-state index contributed by atoms with van der Waals surface area (Å²) in [6.07, 6.45) is 0. The summed E-state index contributed by atoms with van der Waals surface area (Å²) in [6, 6.07) is 13.0. The van der Waals surface area contributed by atoms with Crippen molar-refractivity contribution in [3.8, 4) is 0 Å². The molecule has 3 rings (SSSR count). The summed E-state index contributed by atoms with van der Waals surface area (Å²) >= 11 is 7.54. The largest absolute Gasteiger partial charge is 0.481 e. The van der Waals surface area contributed by atoms with E-state index in [1.54, 1.807) is 23.9 Å². The van der Waals surface area contributed by atoms with Gasteiger partial charge < -0.3 is 5.11 Å². The minimum absolute atomic E-state index is 0.602. The molecule has 1 aliphatic heterocycles. The van der Waals surface area contributed by atoms with E-state index in [4.69, 9.17) is 11.6 Å². The molecule has 0 fully saturated rings. The molecule has 0 spiro atoms. The SMILES string of the molecule is O=C(O)C1c2ccccc2Sc2cc(Cl)ccc21. The van der Waals surface area contributed by atoms with Gasteiger partial charge >= 0.3 is 5.97 Å². The smallest absolute Gasteiger partial charge is 0.315 e. The Kier molecular flexibility index (Phi) is 2.80. The van der Waals surface area contributed by atoms with Crippen molar-refractivity contribution in [3.63, 3.8) is 0 Å². The highest BCUT2D eigenvalue weighted by Crippen LogP contribution is 2.46. The van der Waals surface area contributed by atoms with Crippen LogP contribution in [0.5, 0.6) is 0 Å². The molecule has 4 heteroatoms. The van der Waals surface area contributed by atoms with Crippen molar-refractivity contribution in [2.24, 2.45) is 0 Å². The standard InChI is InChI=1S/C14H9ClO2S/c15-8-5-6-10-12(7-8)18-11-4-2-1-3-9(11)13(10)14(16)17/h1-7,13H,(H,16,17). The fourth-order valence-corrected chi connectivity index (χ4v) is 3.61. The van der Waals surface area contributed by atoms with Gasteiger partial charge in [0.2, 0.25) is 0 Å². The van der Waals surface area contributed by atoms with Gasteiger partial charge in [-0.05, 0) is 29.3 Å². The number of carbonyl (C=O) groups is 1. The van der Waals surface area contributed by atoms with Crippen LogP contribution in [0.15, 0.2) is 52.3 Å². The molecule has 1 unspecified atom stereocenters. The summed E-state index contributed by atoms with van der Waals surface area (Å²) in [5.41, 5.74) is 1.67. The number of hydrogen-bond acceptors (Lipinski definition) is 2. The van der Waals surface area contributed by atoms with Gasteiger partial charge in [-0.3, -0.25) is 4.79 Å². The Balaban J connectivity index is 2.23. The Bertz CT molecular complexity index is 639. The van der Waals surface area contributed by atoms with Crippen LogP contribution in [-0.4, -0.2) is 11.1 Å². The summed E-state index contributed by atoms with van der Waals surface area (Å²) in [6.45, 7) is 0. The zero-order valence-electron chi connectivity index (χ0n) is 9.26. The van der Waals surface area contributed by atoms with Gasteiger partial charge in [0.1, 0.15) is 5.92 Å². The Morgan fingerprint density at radius 2 is 1.83 bits per heavy atom. The molecule has 0 aliphatic carbocycles. The van der Waals surface area contributed by atoms with E-state index < -0.39 is 11.9 Å².